The Labute approximate surface area is 111 Å². The van der Waals surface area contributed by atoms with Crippen molar-refractivity contribution >= 4 is 22.3 Å². The highest BCUT2D eigenvalue weighted by Crippen LogP contribution is 2.37. The number of thiazole rings is 1. The number of nitrogens with zero attached hydrogens (tertiary/aromatic N) is 1. The molecule has 0 aliphatic heterocycles. The van der Waals surface area contributed by atoms with Crippen LogP contribution in [0.15, 0.2) is 18.2 Å². The van der Waals surface area contributed by atoms with Gasteiger partial charge in [0.25, 0.3) is 0 Å². The zero-order chi connectivity index (χ0) is 13.3. The van der Waals surface area contributed by atoms with E-state index in [1.54, 1.807) is 7.11 Å². The number of aromatic nitrogens is 1. The smallest absolute Gasteiger partial charge is 0.182 e. The molecule has 2 rings (SSSR count). The first-order valence-electron chi connectivity index (χ1n) is 5.73. The summed E-state index contributed by atoms with van der Waals surface area (Å²) in [6, 6.07) is 6.03. The number of anilines is 2. The minimum Gasteiger partial charge on any atom is -0.496 e. The second-order valence-electron chi connectivity index (χ2n) is 4.38. The van der Waals surface area contributed by atoms with Crippen molar-refractivity contribution in [1.29, 1.82) is 0 Å². The van der Waals surface area contributed by atoms with Gasteiger partial charge >= 0.3 is 0 Å². The fourth-order valence-electron chi connectivity index (χ4n) is 1.88. The van der Waals surface area contributed by atoms with Crippen molar-refractivity contribution in [2.45, 2.75) is 19.8 Å². The van der Waals surface area contributed by atoms with Gasteiger partial charge in [-0.25, -0.2) is 4.98 Å². The van der Waals surface area contributed by atoms with Crippen molar-refractivity contribution in [2.24, 2.45) is 0 Å². The van der Waals surface area contributed by atoms with Gasteiger partial charge in [0, 0.05) is 0 Å². The Balaban J connectivity index is 2.53. The Hall–Kier alpha value is -1.75. The van der Waals surface area contributed by atoms with Crippen molar-refractivity contribution in [3.05, 3.63) is 23.8 Å². The normalized spacial score (nSPS) is 10.9. The highest BCUT2D eigenvalue weighted by molar-refractivity contribution is 7.19. The first-order chi connectivity index (χ1) is 8.52. The molecular formula is C13H17N3OS. The second kappa shape index (κ2) is 4.86. The van der Waals surface area contributed by atoms with Crippen LogP contribution in [-0.2, 0) is 0 Å². The van der Waals surface area contributed by atoms with Crippen LogP contribution >= 0.6 is 11.3 Å². The van der Waals surface area contributed by atoms with Crippen LogP contribution in [0.4, 0.5) is 10.9 Å². The number of nitrogen functional groups attached to an aromatic ring is 2. The largest absolute Gasteiger partial charge is 0.496 e. The van der Waals surface area contributed by atoms with Crippen LogP contribution in [0.25, 0.3) is 10.4 Å². The molecule has 0 atom stereocenters. The van der Waals surface area contributed by atoms with Gasteiger partial charge < -0.3 is 16.2 Å². The summed E-state index contributed by atoms with van der Waals surface area (Å²) in [6.45, 7) is 4.26. The summed E-state index contributed by atoms with van der Waals surface area (Å²) in [7, 11) is 1.68. The highest BCUT2D eigenvalue weighted by atomic mass is 32.1. The summed E-state index contributed by atoms with van der Waals surface area (Å²) in [5, 5.41) is 0.490. The molecular weight excluding hydrogens is 246 g/mol. The van der Waals surface area contributed by atoms with Crippen LogP contribution in [0.3, 0.4) is 0 Å². The Morgan fingerprint density at radius 3 is 2.50 bits per heavy atom. The van der Waals surface area contributed by atoms with Crippen LogP contribution in [-0.4, -0.2) is 12.1 Å². The maximum atomic E-state index is 5.86. The summed E-state index contributed by atoms with van der Waals surface area (Å²) in [5.74, 6) is 1.76. The number of nitrogens with two attached hydrogens (primary N) is 2. The lowest BCUT2D eigenvalue weighted by Crippen LogP contribution is -1.95. The molecule has 1 heterocycles. The molecule has 0 aliphatic carbocycles. The predicted molar refractivity (Wildman–Crippen MR) is 77.0 cm³/mol. The lowest BCUT2D eigenvalue weighted by Gasteiger charge is -2.13. The molecule has 0 amide bonds. The first kappa shape index (κ1) is 12.7. The molecule has 2 aromatic rings. The number of methoxy groups -OCH3 is 1. The van der Waals surface area contributed by atoms with Gasteiger partial charge in [0.1, 0.15) is 11.6 Å². The average Bonchev–Trinajstić information content (AvgIpc) is 2.67. The van der Waals surface area contributed by atoms with E-state index in [-0.39, 0.29) is 0 Å². The Kier molecular flexibility index (Phi) is 3.43. The van der Waals surface area contributed by atoms with Crippen molar-refractivity contribution < 1.29 is 4.74 Å². The van der Waals surface area contributed by atoms with E-state index >= 15 is 0 Å². The van der Waals surface area contributed by atoms with E-state index in [1.165, 1.54) is 11.3 Å². The zero-order valence-electron chi connectivity index (χ0n) is 10.7. The molecule has 0 aliphatic rings. The maximum Gasteiger partial charge on any atom is 0.182 e. The fraction of sp³-hybridized carbons (Fsp3) is 0.308. The van der Waals surface area contributed by atoms with Crippen LogP contribution in [0.5, 0.6) is 5.75 Å². The third-order valence-electron chi connectivity index (χ3n) is 2.78. The summed E-state index contributed by atoms with van der Waals surface area (Å²) in [4.78, 5) is 4.96. The van der Waals surface area contributed by atoms with E-state index in [0.29, 0.717) is 16.9 Å². The van der Waals surface area contributed by atoms with Gasteiger partial charge in [0.2, 0.25) is 0 Å². The molecule has 0 spiro atoms. The summed E-state index contributed by atoms with van der Waals surface area (Å²) in [6.07, 6.45) is 0. The van der Waals surface area contributed by atoms with E-state index in [2.05, 4.69) is 24.9 Å². The molecule has 18 heavy (non-hydrogen) atoms. The van der Waals surface area contributed by atoms with Gasteiger partial charge in [-0.1, -0.05) is 25.2 Å². The molecule has 0 saturated carbocycles. The van der Waals surface area contributed by atoms with Crippen molar-refractivity contribution in [3.8, 4) is 16.2 Å². The van der Waals surface area contributed by atoms with E-state index in [9.17, 15) is 0 Å². The minimum absolute atomic E-state index is 0.381. The van der Waals surface area contributed by atoms with Crippen molar-refractivity contribution in [3.63, 3.8) is 0 Å². The van der Waals surface area contributed by atoms with Gasteiger partial charge in [-0.05, 0) is 35.2 Å². The quantitative estimate of drug-likeness (QED) is 0.892. The van der Waals surface area contributed by atoms with Crippen LogP contribution in [0, 0.1) is 0 Å². The van der Waals surface area contributed by atoms with Crippen LogP contribution in [0.1, 0.15) is 25.3 Å². The van der Waals surface area contributed by atoms with Crippen LogP contribution < -0.4 is 16.2 Å². The van der Waals surface area contributed by atoms with E-state index < -0.39 is 0 Å². The third kappa shape index (κ3) is 2.26. The monoisotopic (exact) mass is 263 g/mol. The van der Waals surface area contributed by atoms with E-state index in [4.69, 9.17) is 16.2 Å². The number of benzene rings is 1. The lowest BCUT2D eigenvalue weighted by atomic mass is 9.99. The molecule has 1 aromatic heterocycles. The Morgan fingerprint density at radius 2 is 2.00 bits per heavy atom. The zero-order valence-corrected chi connectivity index (χ0v) is 11.5. The highest BCUT2D eigenvalue weighted by Gasteiger charge is 2.13. The molecule has 0 saturated heterocycles. The first-order valence-corrected chi connectivity index (χ1v) is 6.54. The van der Waals surface area contributed by atoms with Crippen molar-refractivity contribution in [2.75, 3.05) is 18.6 Å². The average molecular weight is 263 g/mol. The number of hydrogen-bond donors (Lipinski definition) is 2. The van der Waals surface area contributed by atoms with Crippen molar-refractivity contribution in [1.82, 2.24) is 4.98 Å². The van der Waals surface area contributed by atoms with Crippen LogP contribution in [0.2, 0.25) is 0 Å². The molecule has 0 fully saturated rings. The lowest BCUT2D eigenvalue weighted by molar-refractivity contribution is 0.407. The van der Waals surface area contributed by atoms with E-state index in [0.717, 1.165) is 21.8 Å². The molecule has 1 aromatic carbocycles. The fourth-order valence-corrected chi connectivity index (χ4v) is 2.63. The van der Waals surface area contributed by atoms with Gasteiger partial charge in [-0.15, -0.1) is 0 Å². The minimum atomic E-state index is 0.381. The second-order valence-corrected chi connectivity index (χ2v) is 5.41. The SMILES string of the molecule is COc1ccc(-c2sc(N)nc2N)cc1C(C)C. The molecule has 96 valence electrons. The molecule has 0 unspecified atom stereocenters. The van der Waals surface area contributed by atoms with Gasteiger partial charge in [-0.2, -0.15) is 0 Å². The van der Waals surface area contributed by atoms with E-state index in [1.807, 2.05) is 12.1 Å². The topological polar surface area (TPSA) is 74.2 Å². The molecule has 0 radical (unpaired) electrons. The summed E-state index contributed by atoms with van der Waals surface area (Å²) < 4.78 is 5.36. The standard InChI is InChI=1S/C13H17N3OS/c1-7(2)9-6-8(4-5-10(9)17-3)11-12(14)16-13(15)18-11/h4-7H,14H2,1-3H3,(H2,15,16). The number of rotatable bonds is 3. The molecule has 0 bridgehead atoms. The maximum absolute atomic E-state index is 5.86. The molecule has 5 heteroatoms. The summed E-state index contributed by atoms with van der Waals surface area (Å²) >= 11 is 1.40. The van der Waals surface area contributed by atoms with Gasteiger partial charge in [-0.3, -0.25) is 0 Å². The third-order valence-corrected chi connectivity index (χ3v) is 3.73. The number of ether oxygens (including phenoxy) is 1. The predicted octanol–water partition coefficient (Wildman–Crippen LogP) is 3.11. The Morgan fingerprint density at radius 1 is 1.28 bits per heavy atom. The summed E-state index contributed by atoms with van der Waals surface area (Å²) in [5.41, 5.74) is 13.7. The molecule has 4 N–H and O–H groups in total. The number of hydrogen-bond acceptors (Lipinski definition) is 5. The Bertz CT molecular complexity index is 563. The molecule has 4 nitrogen and oxygen atoms in total. The van der Waals surface area contributed by atoms with Gasteiger partial charge in [0.15, 0.2) is 5.13 Å². The van der Waals surface area contributed by atoms with Gasteiger partial charge in [0.05, 0.1) is 12.0 Å².